The minimum atomic E-state index is -1.64. The molecule has 9 unspecified atom stereocenters. The Balaban J connectivity index is 6.39. The molecule has 0 aliphatic heterocycles. The average molecular weight is 1060 g/mol. The molecule has 0 aromatic carbocycles. The second-order valence-electron chi connectivity index (χ2n) is 19.9. The molecule has 0 radical (unpaired) electrons. The molecular weight excluding hydrogens is 963 g/mol. The van der Waals surface area contributed by atoms with Crippen LogP contribution in [-0.4, -0.2) is 205 Å². The van der Waals surface area contributed by atoms with Crippen LogP contribution in [-0.2, 0) is 57.2 Å². The van der Waals surface area contributed by atoms with Gasteiger partial charge in [-0.15, -0.1) is 0 Å². The lowest BCUT2D eigenvalue weighted by atomic mass is 9.99. The van der Waals surface area contributed by atoms with Gasteiger partial charge in [0.2, 0.25) is 0 Å². The number of hydrogen-bond acceptors (Lipinski definition) is 20. The van der Waals surface area contributed by atoms with E-state index in [1.165, 1.54) is 0 Å². The van der Waals surface area contributed by atoms with Gasteiger partial charge in [-0.25, -0.2) is 0 Å². The molecule has 0 rings (SSSR count). The Morgan fingerprint density at radius 2 is 0.743 bits per heavy atom. The van der Waals surface area contributed by atoms with Gasteiger partial charge in [0.25, 0.3) is 0 Å². The second-order valence-corrected chi connectivity index (χ2v) is 19.9. The number of nitrogens with zero attached hydrogens (tertiary/aromatic N) is 3. The van der Waals surface area contributed by atoms with E-state index in [0.717, 1.165) is 64.2 Å². The third kappa shape index (κ3) is 37.3. The van der Waals surface area contributed by atoms with Gasteiger partial charge in [0, 0.05) is 25.7 Å². The Labute approximate surface area is 443 Å². The summed E-state index contributed by atoms with van der Waals surface area (Å²) in [5.41, 5.74) is 0. The molecule has 0 aliphatic carbocycles. The molecule has 74 heavy (non-hydrogen) atoms. The van der Waals surface area contributed by atoms with E-state index in [1.807, 2.05) is 20.8 Å². The first-order chi connectivity index (χ1) is 35.2. The molecule has 5 N–H and O–H groups in total. The maximum atomic E-state index is 13.5. The fourth-order valence-electron chi connectivity index (χ4n) is 7.77. The van der Waals surface area contributed by atoms with Crippen LogP contribution in [0, 0.1) is 0 Å². The van der Waals surface area contributed by atoms with Gasteiger partial charge in [0.1, 0.15) is 43.7 Å². The highest BCUT2D eigenvalue weighted by atomic mass is 16.6. The Bertz CT molecular complexity index is 1510. The van der Waals surface area contributed by atoms with Crippen LogP contribution in [0.15, 0.2) is 0 Å². The SMILES string of the molecule is CCCCCCC(O)CC(CCC(=O)OCC(COC(=O)CC(O)C(CC(O)CCCCCC)OC(=O)CN(C)CC)OC(=O)CC(O)C(CC(O)CCCCCC)OC(=O)CN(C)CC)OC(=O)CN(C)CC. The van der Waals surface area contributed by atoms with Crippen LogP contribution >= 0.6 is 0 Å². The molecule has 20 nitrogen and oxygen atoms in total. The maximum Gasteiger partial charge on any atom is 0.320 e. The second kappa shape index (κ2) is 43.6. The van der Waals surface area contributed by atoms with E-state index in [9.17, 15) is 54.3 Å². The topological polar surface area (TPSA) is 269 Å². The van der Waals surface area contributed by atoms with Crippen molar-refractivity contribution in [2.45, 2.75) is 238 Å². The lowest BCUT2D eigenvalue weighted by molar-refractivity contribution is -0.173. The lowest BCUT2D eigenvalue weighted by Gasteiger charge is -2.27. The van der Waals surface area contributed by atoms with Crippen molar-refractivity contribution in [3.05, 3.63) is 0 Å². The lowest BCUT2D eigenvalue weighted by Crippen LogP contribution is -2.40. The summed E-state index contributed by atoms with van der Waals surface area (Å²) in [6, 6.07) is 0. The predicted molar refractivity (Wildman–Crippen MR) is 280 cm³/mol. The molecule has 0 heterocycles. The Morgan fingerprint density at radius 3 is 1.14 bits per heavy atom. The van der Waals surface area contributed by atoms with E-state index in [1.54, 1.807) is 35.8 Å². The van der Waals surface area contributed by atoms with E-state index in [-0.39, 0.29) is 51.7 Å². The highest BCUT2D eigenvalue weighted by molar-refractivity contribution is 5.74. The van der Waals surface area contributed by atoms with E-state index in [2.05, 4.69) is 20.8 Å². The third-order valence-electron chi connectivity index (χ3n) is 12.8. The summed E-state index contributed by atoms with van der Waals surface area (Å²) in [5.74, 6) is -4.71. The Kier molecular flexibility index (Phi) is 41.5. The zero-order valence-electron chi connectivity index (χ0n) is 46.9. The molecular formula is C54H101N3O17. The molecule has 0 aromatic rings. The average Bonchev–Trinajstić information content (AvgIpc) is 3.34. The van der Waals surface area contributed by atoms with Gasteiger partial charge in [0.05, 0.1) is 50.8 Å². The van der Waals surface area contributed by atoms with Gasteiger partial charge in [-0.3, -0.25) is 43.5 Å². The van der Waals surface area contributed by atoms with Gasteiger partial charge < -0.3 is 54.0 Å². The number of esters is 6. The highest BCUT2D eigenvalue weighted by Gasteiger charge is 2.33. The standard InChI is InChI=1S/C54H101N3O17/c1-10-16-19-22-25-40(58)30-43(71-52(66)35-55(7)13-4)28-29-49(63)69-38-44(72-51(65)34-46(62)48(74-54(68)37-57(9)15-6)32-42(60)27-24-21-18-12-3)39-70-50(64)33-45(61)47(73-53(67)36-56(8)14-5)31-41(59)26-23-20-17-11-2/h40-48,58-62H,10-39H2,1-9H3. The van der Waals surface area contributed by atoms with E-state index >= 15 is 0 Å². The minimum absolute atomic E-state index is 0.00245. The van der Waals surface area contributed by atoms with Crippen LogP contribution in [0.25, 0.3) is 0 Å². The minimum Gasteiger partial charge on any atom is -0.462 e. The van der Waals surface area contributed by atoms with Crippen LogP contribution < -0.4 is 0 Å². The van der Waals surface area contributed by atoms with E-state index < -0.39 is 117 Å². The quantitative estimate of drug-likeness (QED) is 0.0304. The van der Waals surface area contributed by atoms with Crippen LogP contribution in [0.4, 0.5) is 0 Å². The molecule has 0 aromatic heterocycles. The van der Waals surface area contributed by atoms with Gasteiger partial charge in [-0.1, -0.05) is 119 Å². The van der Waals surface area contributed by atoms with Crippen LogP contribution in [0.3, 0.4) is 0 Å². The van der Waals surface area contributed by atoms with Crippen LogP contribution in [0.5, 0.6) is 0 Å². The van der Waals surface area contributed by atoms with Crippen molar-refractivity contribution in [1.29, 1.82) is 0 Å². The Hall–Kier alpha value is -3.50. The fourth-order valence-corrected chi connectivity index (χ4v) is 7.77. The first-order valence-electron chi connectivity index (χ1n) is 27.7. The number of carbonyl (C=O) groups is 6. The maximum absolute atomic E-state index is 13.5. The molecule has 9 atom stereocenters. The van der Waals surface area contributed by atoms with Crippen LogP contribution in [0.2, 0.25) is 0 Å². The molecule has 20 heteroatoms. The largest absolute Gasteiger partial charge is 0.462 e. The van der Waals surface area contributed by atoms with Crippen molar-refractivity contribution in [2.24, 2.45) is 0 Å². The number of unbranched alkanes of at least 4 members (excludes halogenated alkanes) is 9. The van der Waals surface area contributed by atoms with Crippen molar-refractivity contribution in [2.75, 3.05) is 73.6 Å². The van der Waals surface area contributed by atoms with Gasteiger partial charge in [-0.2, -0.15) is 0 Å². The fraction of sp³-hybridized carbons (Fsp3) is 0.889. The van der Waals surface area contributed by atoms with Crippen LogP contribution in [0.1, 0.15) is 183 Å². The number of aliphatic hydroxyl groups is 5. The summed E-state index contributed by atoms with van der Waals surface area (Å²) >= 11 is 0. The van der Waals surface area contributed by atoms with Crippen molar-refractivity contribution in [1.82, 2.24) is 14.7 Å². The molecule has 0 saturated carbocycles. The predicted octanol–water partition coefficient (Wildman–Crippen LogP) is 5.02. The molecule has 0 fully saturated rings. The molecule has 0 saturated heterocycles. The number of carbonyl (C=O) groups excluding carboxylic acids is 6. The molecule has 0 bridgehead atoms. The summed E-state index contributed by atoms with van der Waals surface area (Å²) in [7, 11) is 5.17. The molecule has 0 aliphatic rings. The summed E-state index contributed by atoms with van der Waals surface area (Å²) in [4.78, 5) is 83.7. The summed E-state index contributed by atoms with van der Waals surface area (Å²) in [5, 5.41) is 55.0. The molecule has 434 valence electrons. The van der Waals surface area contributed by atoms with Gasteiger partial charge >= 0.3 is 35.8 Å². The zero-order chi connectivity index (χ0) is 55.8. The summed E-state index contributed by atoms with van der Waals surface area (Å²) < 4.78 is 33.4. The summed E-state index contributed by atoms with van der Waals surface area (Å²) in [6.45, 7) is 11.9. The number of ether oxygens (including phenoxy) is 6. The first-order valence-corrected chi connectivity index (χ1v) is 27.7. The monoisotopic (exact) mass is 1060 g/mol. The number of hydrogen-bond donors (Lipinski definition) is 5. The van der Waals surface area contributed by atoms with E-state index in [0.29, 0.717) is 51.7 Å². The third-order valence-corrected chi connectivity index (χ3v) is 12.8. The Morgan fingerprint density at radius 1 is 0.392 bits per heavy atom. The van der Waals surface area contributed by atoms with Crippen molar-refractivity contribution >= 4 is 35.8 Å². The molecule has 0 spiro atoms. The van der Waals surface area contributed by atoms with E-state index in [4.69, 9.17) is 28.4 Å². The first kappa shape index (κ1) is 70.5. The normalized spacial score (nSPS) is 15.4. The smallest absolute Gasteiger partial charge is 0.320 e. The highest BCUT2D eigenvalue weighted by Crippen LogP contribution is 2.21. The van der Waals surface area contributed by atoms with Crippen molar-refractivity contribution < 1.29 is 82.7 Å². The number of rotatable bonds is 47. The van der Waals surface area contributed by atoms with Gasteiger partial charge in [0.15, 0.2) is 6.10 Å². The number of aliphatic hydroxyl groups excluding tert-OH is 5. The van der Waals surface area contributed by atoms with Crippen molar-refractivity contribution in [3.63, 3.8) is 0 Å². The van der Waals surface area contributed by atoms with Crippen molar-refractivity contribution in [3.8, 4) is 0 Å². The number of likely N-dealkylation sites (N-methyl/N-ethyl adjacent to an activating group) is 3. The zero-order valence-corrected chi connectivity index (χ0v) is 46.9. The van der Waals surface area contributed by atoms with Gasteiger partial charge in [-0.05, 0) is 66.5 Å². The molecule has 0 amide bonds. The summed E-state index contributed by atoms with van der Waals surface area (Å²) in [6.07, 6.45) is -0.492.